The van der Waals surface area contributed by atoms with Crippen molar-refractivity contribution in [3.63, 3.8) is 0 Å². The molecule has 0 saturated carbocycles. The molecule has 0 bridgehead atoms. The predicted molar refractivity (Wildman–Crippen MR) is 37.4 cm³/mol. The molecule has 0 aliphatic carbocycles. The Balaban J connectivity index is 0.000001000. The van der Waals surface area contributed by atoms with Gasteiger partial charge >= 0.3 is 7.12 Å². The summed E-state index contributed by atoms with van der Waals surface area (Å²) in [5.74, 6) is 0. The van der Waals surface area contributed by atoms with Crippen LogP contribution in [0.25, 0.3) is 0 Å². The molecule has 11 heavy (non-hydrogen) atoms. The van der Waals surface area contributed by atoms with Gasteiger partial charge in [-0.15, -0.1) is 0 Å². The van der Waals surface area contributed by atoms with Crippen LogP contribution in [0.4, 0.5) is 0 Å². The molecule has 1 rings (SSSR count). The van der Waals surface area contributed by atoms with Crippen molar-refractivity contribution in [2.24, 2.45) is 7.05 Å². The first-order chi connectivity index (χ1) is 4.70. The molecule has 0 aliphatic rings. The highest BCUT2D eigenvalue weighted by atomic mass is 127. The number of aromatic nitrogens is 1. The molecule has 0 saturated heterocycles. The minimum absolute atomic E-state index is 0. The highest BCUT2D eigenvalue weighted by molar-refractivity contribution is 6.58. The minimum Gasteiger partial charge on any atom is -1.00 e. The van der Waals surface area contributed by atoms with E-state index < -0.39 is 7.12 Å². The van der Waals surface area contributed by atoms with E-state index in [1.54, 1.807) is 22.9 Å². The van der Waals surface area contributed by atoms with E-state index in [-0.39, 0.29) is 24.0 Å². The van der Waals surface area contributed by atoms with Crippen molar-refractivity contribution in [2.75, 3.05) is 0 Å². The van der Waals surface area contributed by atoms with Crippen LogP contribution in [0.3, 0.4) is 0 Å². The molecule has 2 N–H and O–H groups in total. The van der Waals surface area contributed by atoms with E-state index in [9.17, 15) is 0 Å². The lowest BCUT2D eigenvalue weighted by atomic mass is 9.82. The number of hydrogen-bond acceptors (Lipinski definition) is 2. The van der Waals surface area contributed by atoms with E-state index in [0.717, 1.165) is 0 Å². The Bertz CT molecular complexity index is 232. The zero-order valence-electron chi connectivity index (χ0n) is 6.11. The maximum absolute atomic E-state index is 8.69. The first kappa shape index (κ1) is 10.9. The lowest BCUT2D eigenvalue weighted by molar-refractivity contribution is -0.670. The van der Waals surface area contributed by atoms with E-state index in [1.807, 2.05) is 13.2 Å². The third-order valence-electron chi connectivity index (χ3n) is 1.26. The molecule has 0 spiro atoms. The summed E-state index contributed by atoms with van der Waals surface area (Å²) in [5.41, 5.74) is 0.505. The molecule has 0 fully saturated rings. The lowest BCUT2D eigenvalue weighted by Crippen LogP contribution is -3.00. The van der Waals surface area contributed by atoms with Gasteiger partial charge in [-0.2, -0.15) is 0 Å². The summed E-state index contributed by atoms with van der Waals surface area (Å²) >= 11 is 0. The van der Waals surface area contributed by atoms with Gasteiger partial charge in [-0.05, 0) is 0 Å². The molecule has 0 unspecified atom stereocenters. The molecule has 1 aromatic rings. The SMILES string of the molecule is C[n+]1cccc(B(O)O)c1.[I-]. The van der Waals surface area contributed by atoms with Gasteiger partial charge in [-0.3, -0.25) is 0 Å². The first-order valence-electron chi connectivity index (χ1n) is 3.01. The second-order valence-electron chi connectivity index (χ2n) is 2.18. The monoisotopic (exact) mass is 265 g/mol. The van der Waals surface area contributed by atoms with Gasteiger partial charge in [-0.1, -0.05) is 6.07 Å². The van der Waals surface area contributed by atoms with Crippen molar-refractivity contribution in [2.45, 2.75) is 0 Å². The highest BCUT2D eigenvalue weighted by Crippen LogP contribution is 1.75. The van der Waals surface area contributed by atoms with Gasteiger partial charge in [0.05, 0.1) is 0 Å². The molecule has 60 valence electrons. The van der Waals surface area contributed by atoms with Crippen molar-refractivity contribution in [3.05, 3.63) is 24.5 Å². The van der Waals surface area contributed by atoms with Gasteiger partial charge in [0, 0.05) is 11.5 Å². The smallest absolute Gasteiger partial charge is 0.494 e. The van der Waals surface area contributed by atoms with Crippen LogP contribution in [0, 0.1) is 0 Å². The number of halogens is 1. The summed E-state index contributed by atoms with van der Waals surface area (Å²) in [7, 11) is 0.457. The van der Waals surface area contributed by atoms with E-state index in [1.165, 1.54) is 0 Å². The average molecular weight is 265 g/mol. The Morgan fingerprint density at radius 2 is 2.09 bits per heavy atom. The number of pyridine rings is 1. The molecule has 1 heterocycles. The van der Waals surface area contributed by atoms with Crippen LogP contribution in [0.2, 0.25) is 0 Å². The van der Waals surface area contributed by atoms with Crippen molar-refractivity contribution in [3.8, 4) is 0 Å². The second-order valence-corrected chi connectivity index (χ2v) is 2.18. The maximum Gasteiger partial charge on any atom is 0.494 e. The molecule has 0 radical (unpaired) electrons. The fourth-order valence-electron chi connectivity index (χ4n) is 0.764. The number of nitrogens with zero attached hydrogens (tertiary/aromatic N) is 1. The zero-order valence-corrected chi connectivity index (χ0v) is 8.26. The van der Waals surface area contributed by atoms with Crippen LogP contribution in [0.15, 0.2) is 24.5 Å². The third kappa shape index (κ3) is 3.17. The topological polar surface area (TPSA) is 44.3 Å². The lowest BCUT2D eigenvalue weighted by Gasteiger charge is -1.93. The van der Waals surface area contributed by atoms with Gasteiger partial charge in [0.1, 0.15) is 7.05 Å². The predicted octanol–water partition coefficient (Wildman–Crippen LogP) is -4.81. The number of rotatable bonds is 1. The van der Waals surface area contributed by atoms with Crippen LogP contribution < -0.4 is 34.0 Å². The second kappa shape index (κ2) is 4.68. The highest BCUT2D eigenvalue weighted by Gasteiger charge is 2.12. The fourth-order valence-corrected chi connectivity index (χ4v) is 0.764. The van der Waals surface area contributed by atoms with Crippen LogP contribution in [-0.4, -0.2) is 17.2 Å². The summed E-state index contributed by atoms with van der Waals surface area (Å²) < 4.78 is 1.76. The molecule has 0 atom stereocenters. The Hall–Kier alpha value is -0.135. The summed E-state index contributed by atoms with van der Waals surface area (Å²) in [6.45, 7) is 0. The maximum atomic E-state index is 8.69. The molecular formula is C6H9BINO2. The fraction of sp³-hybridized carbons (Fsp3) is 0.167. The Kier molecular flexibility index (Phi) is 4.63. The molecule has 0 aliphatic heterocycles. The van der Waals surface area contributed by atoms with Gasteiger partial charge in [0.2, 0.25) is 0 Å². The van der Waals surface area contributed by atoms with Crippen LogP contribution in [0.1, 0.15) is 0 Å². The van der Waals surface area contributed by atoms with Crippen molar-refractivity contribution in [1.82, 2.24) is 0 Å². The average Bonchev–Trinajstić information content (AvgIpc) is 1.88. The molecule has 0 aromatic carbocycles. The minimum atomic E-state index is -1.37. The molecule has 5 heteroatoms. The molecule has 1 aromatic heterocycles. The largest absolute Gasteiger partial charge is 1.00 e. The molecule has 3 nitrogen and oxygen atoms in total. The summed E-state index contributed by atoms with van der Waals surface area (Å²) in [4.78, 5) is 0. The van der Waals surface area contributed by atoms with E-state index >= 15 is 0 Å². The zero-order chi connectivity index (χ0) is 7.56. The van der Waals surface area contributed by atoms with Crippen molar-refractivity contribution in [1.29, 1.82) is 0 Å². The number of aryl methyl sites for hydroxylation is 1. The van der Waals surface area contributed by atoms with E-state index in [0.29, 0.717) is 5.46 Å². The standard InChI is InChI=1S/C6H9BNO2.HI/c1-8-4-2-3-6(5-8)7(9)10;/h2-5,9-10H,1H3;1H/q+1;/p-1. The summed E-state index contributed by atoms with van der Waals surface area (Å²) in [5, 5.41) is 17.4. The van der Waals surface area contributed by atoms with Crippen LogP contribution >= 0.6 is 0 Å². The third-order valence-corrected chi connectivity index (χ3v) is 1.26. The van der Waals surface area contributed by atoms with Gasteiger partial charge in [0.25, 0.3) is 0 Å². The van der Waals surface area contributed by atoms with Gasteiger partial charge in [-0.25, -0.2) is 4.57 Å². The Morgan fingerprint density at radius 3 is 2.45 bits per heavy atom. The molecular weight excluding hydrogens is 256 g/mol. The van der Waals surface area contributed by atoms with E-state index in [2.05, 4.69) is 0 Å². The summed E-state index contributed by atoms with van der Waals surface area (Å²) in [6, 6.07) is 3.42. The van der Waals surface area contributed by atoms with E-state index in [4.69, 9.17) is 10.0 Å². The quantitative estimate of drug-likeness (QED) is 0.304. The summed E-state index contributed by atoms with van der Waals surface area (Å²) in [6.07, 6.45) is 3.48. The Morgan fingerprint density at radius 1 is 1.45 bits per heavy atom. The van der Waals surface area contributed by atoms with Crippen LogP contribution in [0.5, 0.6) is 0 Å². The number of hydrogen-bond donors (Lipinski definition) is 2. The first-order valence-corrected chi connectivity index (χ1v) is 3.01. The van der Waals surface area contributed by atoms with Gasteiger partial charge < -0.3 is 34.0 Å². The van der Waals surface area contributed by atoms with Crippen LogP contribution in [-0.2, 0) is 7.05 Å². The Labute approximate surface area is 82.9 Å². The van der Waals surface area contributed by atoms with Crippen molar-refractivity contribution >= 4 is 12.6 Å². The van der Waals surface area contributed by atoms with Gasteiger partial charge in [0.15, 0.2) is 12.4 Å². The normalized spacial score (nSPS) is 8.64. The molecule has 0 amide bonds. The van der Waals surface area contributed by atoms with Crippen molar-refractivity contribution < 1.29 is 38.6 Å².